The highest BCUT2D eigenvalue weighted by Crippen LogP contribution is 2.20. The number of piperazine rings is 1. The summed E-state index contributed by atoms with van der Waals surface area (Å²) < 4.78 is 0. The van der Waals surface area contributed by atoms with E-state index in [2.05, 4.69) is 59.3 Å². The van der Waals surface area contributed by atoms with Gasteiger partial charge in [-0.1, -0.05) is 29.3 Å². The Balaban J connectivity index is 1.58. The van der Waals surface area contributed by atoms with Gasteiger partial charge in [-0.05, 0) is 62.0 Å². The van der Waals surface area contributed by atoms with Crippen molar-refractivity contribution in [3.63, 3.8) is 0 Å². The molecule has 24 heavy (non-hydrogen) atoms. The van der Waals surface area contributed by atoms with Crippen molar-refractivity contribution in [2.24, 2.45) is 0 Å². The van der Waals surface area contributed by atoms with Crippen molar-refractivity contribution < 1.29 is 0 Å². The molecule has 1 aliphatic heterocycles. The molecule has 1 saturated heterocycles. The summed E-state index contributed by atoms with van der Waals surface area (Å²) in [5.74, 6) is 0. The monoisotopic (exact) mass is 359 g/mol. The number of rotatable bonds is 2. The third-order valence-electron chi connectivity index (χ3n) is 4.38. The van der Waals surface area contributed by atoms with Crippen LogP contribution in [0.5, 0.6) is 0 Å². The van der Waals surface area contributed by atoms with Gasteiger partial charge in [0.2, 0.25) is 0 Å². The molecule has 0 radical (unpaired) electrons. The first-order valence-electron chi connectivity index (χ1n) is 8.16. The Morgan fingerprint density at radius 1 is 1.00 bits per heavy atom. The lowest BCUT2D eigenvalue weighted by atomic mass is 10.1. The van der Waals surface area contributed by atoms with Gasteiger partial charge in [0.25, 0.3) is 0 Å². The minimum Gasteiger partial charge on any atom is -0.368 e. The maximum Gasteiger partial charge on any atom is 0.173 e. The summed E-state index contributed by atoms with van der Waals surface area (Å²) in [6.45, 7) is 7.95. The van der Waals surface area contributed by atoms with Crippen LogP contribution >= 0.6 is 23.8 Å². The molecule has 3 nitrogen and oxygen atoms in total. The molecule has 1 aliphatic rings. The van der Waals surface area contributed by atoms with E-state index >= 15 is 0 Å². The fourth-order valence-electron chi connectivity index (χ4n) is 2.97. The summed E-state index contributed by atoms with van der Waals surface area (Å²) in [6, 6.07) is 14.4. The zero-order chi connectivity index (χ0) is 17.1. The van der Waals surface area contributed by atoms with Gasteiger partial charge in [0.05, 0.1) is 0 Å². The van der Waals surface area contributed by atoms with Crippen LogP contribution in [0.3, 0.4) is 0 Å². The summed E-state index contributed by atoms with van der Waals surface area (Å²) in [4.78, 5) is 4.60. The maximum atomic E-state index is 5.96. The number of halogens is 1. The molecule has 0 amide bonds. The number of thiocarbonyl (C=S) groups is 1. The Hall–Kier alpha value is -1.78. The van der Waals surface area contributed by atoms with Crippen LogP contribution in [-0.2, 0) is 0 Å². The van der Waals surface area contributed by atoms with Gasteiger partial charge in [-0.2, -0.15) is 0 Å². The smallest absolute Gasteiger partial charge is 0.173 e. The molecule has 0 aliphatic carbocycles. The van der Waals surface area contributed by atoms with Gasteiger partial charge in [-0.25, -0.2) is 0 Å². The summed E-state index contributed by atoms with van der Waals surface area (Å²) in [5.41, 5.74) is 4.79. The van der Waals surface area contributed by atoms with Gasteiger partial charge >= 0.3 is 0 Å². The lowest BCUT2D eigenvalue weighted by Gasteiger charge is -2.37. The van der Waals surface area contributed by atoms with Gasteiger partial charge in [-0.3, -0.25) is 0 Å². The van der Waals surface area contributed by atoms with E-state index < -0.39 is 0 Å². The Morgan fingerprint density at radius 3 is 2.29 bits per heavy atom. The molecule has 0 spiro atoms. The molecule has 0 atom stereocenters. The van der Waals surface area contributed by atoms with Crippen LogP contribution in [0.1, 0.15) is 11.1 Å². The standard InChI is InChI=1S/C19H22ClN3S/c1-14-3-8-18(15(2)13-14)21-19(24)23-11-9-22(10-12-23)17-6-4-16(20)5-7-17/h3-8,13H,9-12H2,1-2H3,(H,21,24). The maximum absolute atomic E-state index is 5.96. The lowest BCUT2D eigenvalue weighted by Crippen LogP contribution is -2.50. The highest BCUT2D eigenvalue weighted by molar-refractivity contribution is 7.80. The van der Waals surface area contributed by atoms with E-state index in [0.717, 1.165) is 42.0 Å². The number of hydrogen-bond donors (Lipinski definition) is 1. The molecular weight excluding hydrogens is 338 g/mol. The summed E-state index contributed by atoms with van der Waals surface area (Å²) in [5, 5.41) is 4.97. The Kier molecular flexibility index (Phi) is 5.27. The zero-order valence-electron chi connectivity index (χ0n) is 14.1. The molecule has 5 heteroatoms. The van der Waals surface area contributed by atoms with Gasteiger partial charge in [0.15, 0.2) is 5.11 Å². The highest BCUT2D eigenvalue weighted by Gasteiger charge is 2.19. The minimum atomic E-state index is 0.774. The number of nitrogens with one attached hydrogen (secondary N) is 1. The Labute approximate surface area is 154 Å². The molecule has 2 aromatic rings. The number of hydrogen-bond acceptors (Lipinski definition) is 2. The van der Waals surface area contributed by atoms with Crippen molar-refractivity contribution in [2.75, 3.05) is 36.4 Å². The SMILES string of the molecule is Cc1ccc(NC(=S)N2CCN(c3ccc(Cl)cc3)CC2)c(C)c1. The van der Waals surface area contributed by atoms with Crippen LogP contribution in [0.4, 0.5) is 11.4 Å². The van der Waals surface area contributed by atoms with Gasteiger partial charge in [0, 0.05) is 42.6 Å². The molecule has 3 rings (SSSR count). The average Bonchev–Trinajstić information content (AvgIpc) is 2.58. The number of aryl methyl sites for hydroxylation is 2. The molecule has 0 aromatic heterocycles. The summed E-state index contributed by atoms with van der Waals surface area (Å²) in [6.07, 6.45) is 0. The second-order valence-electron chi connectivity index (χ2n) is 6.20. The molecule has 1 fully saturated rings. The Bertz CT molecular complexity index is 722. The fourth-order valence-corrected chi connectivity index (χ4v) is 3.39. The second kappa shape index (κ2) is 7.41. The first-order chi connectivity index (χ1) is 11.5. The van der Waals surface area contributed by atoms with Crippen LogP contribution in [0.15, 0.2) is 42.5 Å². The molecule has 0 unspecified atom stereocenters. The molecule has 0 saturated carbocycles. The normalized spacial score (nSPS) is 14.6. The van der Waals surface area contributed by atoms with Crippen molar-refractivity contribution >= 4 is 40.3 Å². The fraction of sp³-hybridized carbons (Fsp3) is 0.316. The molecule has 1 heterocycles. The van der Waals surface area contributed by atoms with Gasteiger partial charge in [0.1, 0.15) is 0 Å². The van der Waals surface area contributed by atoms with Crippen molar-refractivity contribution in [1.82, 2.24) is 4.90 Å². The van der Waals surface area contributed by atoms with Crippen molar-refractivity contribution in [1.29, 1.82) is 0 Å². The van der Waals surface area contributed by atoms with E-state index in [0.29, 0.717) is 0 Å². The minimum absolute atomic E-state index is 0.774. The topological polar surface area (TPSA) is 18.5 Å². The third-order valence-corrected chi connectivity index (χ3v) is 4.99. The van der Waals surface area contributed by atoms with E-state index in [1.807, 2.05) is 12.1 Å². The van der Waals surface area contributed by atoms with Crippen molar-refractivity contribution in [3.8, 4) is 0 Å². The van der Waals surface area contributed by atoms with E-state index in [-0.39, 0.29) is 0 Å². The van der Waals surface area contributed by atoms with Crippen LogP contribution in [0, 0.1) is 13.8 Å². The van der Waals surface area contributed by atoms with Crippen molar-refractivity contribution in [2.45, 2.75) is 13.8 Å². The van der Waals surface area contributed by atoms with E-state index in [4.69, 9.17) is 23.8 Å². The van der Waals surface area contributed by atoms with E-state index in [1.165, 1.54) is 16.8 Å². The number of nitrogens with zero attached hydrogens (tertiary/aromatic N) is 2. The summed E-state index contributed by atoms with van der Waals surface area (Å²) in [7, 11) is 0. The van der Waals surface area contributed by atoms with Crippen LogP contribution < -0.4 is 10.2 Å². The molecule has 1 N–H and O–H groups in total. The average molecular weight is 360 g/mol. The highest BCUT2D eigenvalue weighted by atomic mass is 35.5. The first-order valence-corrected chi connectivity index (χ1v) is 8.95. The lowest BCUT2D eigenvalue weighted by molar-refractivity contribution is 0.391. The molecule has 0 bridgehead atoms. The Morgan fingerprint density at radius 2 is 1.67 bits per heavy atom. The van der Waals surface area contributed by atoms with E-state index in [9.17, 15) is 0 Å². The number of anilines is 2. The quantitative estimate of drug-likeness (QED) is 0.797. The van der Waals surface area contributed by atoms with Crippen LogP contribution in [0.25, 0.3) is 0 Å². The predicted octanol–water partition coefficient (Wildman–Crippen LogP) is 4.48. The second-order valence-corrected chi connectivity index (χ2v) is 7.02. The van der Waals surface area contributed by atoms with Gasteiger partial charge < -0.3 is 15.1 Å². The predicted molar refractivity (Wildman–Crippen MR) is 107 cm³/mol. The largest absolute Gasteiger partial charge is 0.368 e. The van der Waals surface area contributed by atoms with Gasteiger partial charge in [-0.15, -0.1) is 0 Å². The first kappa shape index (κ1) is 17.1. The van der Waals surface area contributed by atoms with Crippen molar-refractivity contribution in [3.05, 3.63) is 58.6 Å². The zero-order valence-corrected chi connectivity index (χ0v) is 15.6. The molecular formula is C19H22ClN3S. The van der Waals surface area contributed by atoms with Crippen LogP contribution in [-0.4, -0.2) is 36.2 Å². The van der Waals surface area contributed by atoms with Crippen LogP contribution in [0.2, 0.25) is 5.02 Å². The molecule has 126 valence electrons. The van der Waals surface area contributed by atoms with E-state index in [1.54, 1.807) is 0 Å². The molecule has 2 aromatic carbocycles. The number of benzene rings is 2. The third kappa shape index (κ3) is 4.00. The summed E-state index contributed by atoms with van der Waals surface area (Å²) >= 11 is 11.6.